The van der Waals surface area contributed by atoms with Crippen LogP contribution in [0.15, 0.2) is 34.3 Å². The van der Waals surface area contributed by atoms with E-state index in [1.54, 1.807) is 30.5 Å². The first kappa shape index (κ1) is 17.3. The first-order valence-electron chi connectivity index (χ1n) is 8.53. The molecule has 0 spiro atoms. The minimum atomic E-state index is -0.169. The number of fused-ring (bicyclic) bond motifs is 1. The van der Waals surface area contributed by atoms with Gasteiger partial charge in [0, 0.05) is 23.5 Å². The number of pyridine rings is 1. The van der Waals surface area contributed by atoms with Gasteiger partial charge in [-0.15, -0.1) is 11.3 Å². The van der Waals surface area contributed by atoms with Gasteiger partial charge in [-0.2, -0.15) is 10.1 Å². The van der Waals surface area contributed by atoms with Crippen LogP contribution in [0.2, 0.25) is 0 Å². The van der Waals surface area contributed by atoms with Gasteiger partial charge in [0.2, 0.25) is 5.89 Å². The van der Waals surface area contributed by atoms with Gasteiger partial charge in [0.1, 0.15) is 0 Å². The van der Waals surface area contributed by atoms with Crippen molar-refractivity contribution in [2.45, 2.75) is 26.8 Å². The molecule has 0 unspecified atom stereocenters. The quantitative estimate of drug-likeness (QED) is 0.550. The second kappa shape index (κ2) is 7.28. The Morgan fingerprint density at radius 3 is 2.96 bits per heavy atom. The lowest BCUT2D eigenvalue weighted by Crippen LogP contribution is -2.26. The number of amides is 1. The monoisotopic (exact) mass is 382 g/mol. The molecule has 4 aromatic heterocycles. The molecule has 0 aliphatic heterocycles. The Bertz CT molecular complexity index is 1080. The zero-order chi connectivity index (χ0) is 18.8. The summed E-state index contributed by atoms with van der Waals surface area (Å²) in [6, 6.07) is 5.85. The number of aryl methyl sites for hydroxylation is 2. The number of hydrogen-bond acceptors (Lipinski definition) is 7. The van der Waals surface area contributed by atoms with E-state index < -0.39 is 0 Å². The number of hydrogen-bond donors (Lipinski definition) is 1. The van der Waals surface area contributed by atoms with Gasteiger partial charge in [-0.25, -0.2) is 9.67 Å². The average molecular weight is 382 g/mol. The number of aromatic nitrogens is 5. The van der Waals surface area contributed by atoms with Crippen molar-refractivity contribution < 1.29 is 9.32 Å². The molecule has 9 heteroatoms. The van der Waals surface area contributed by atoms with Crippen LogP contribution in [-0.2, 0) is 13.0 Å². The van der Waals surface area contributed by atoms with E-state index in [2.05, 4.69) is 31.6 Å². The number of carbonyl (C=O) groups excluding carboxylic acids is 1. The van der Waals surface area contributed by atoms with Gasteiger partial charge in [0.15, 0.2) is 11.5 Å². The van der Waals surface area contributed by atoms with Gasteiger partial charge in [0.25, 0.3) is 5.91 Å². The fourth-order valence-electron chi connectivity index (χ4n) is 2.85. The molecule has 138 valence electrons. The number of nitrogens with one attached hydrogen (secondary N) is 1. The summed E-state index contributed by atoms with van der Waals surface area (Å²) >= 11 is 1.67. The largest absolute Gasteiger partial charge is 0.351 e. The number of carbonyl (C=O) groups is 1. The van der Waals surface area contributed by atoms with Crippen molar-refractivity contribution in [3.05, 3.63) is 57.6 Å². The molecule has 0 aliphatic rings. The maximum absolute atomic E-state index is 12.7. The third-order valence-electron chi connectivity index (χ3n) is 4.06. The van der Waals surface area contributed by atoms with Crippen LogP contribution in [0.25, 0.3) is 11.0 Å². The first-order valence-corrected chi connectivity index (χ1v) is 9.41. The SMILES string of the molecule is Cc1cc(C(=O)NCCc2nc(C)no2)c2cnn(Cc3cccs3)c2n1. The second-order valence-electron chi connectivity index (χ2n) is 6.17. The van der Waals surface area contributed by atoms with Crippen LogP contribution >= 0.6 is 11.3 Å². The maximum Gasteiger partial charge on any atom is 0.252 e. The van der Waals surface area contributed by atoms with Gasteiger partial charge >= 0.3 is 0 Å². The van der Waals surface area contributed by atoms with Crippen molar-refractivity contribution in [3.63, 3.8) is 0 Å². The Kier molecular flexibility index (Phi) is 4.68. The van der Waals surface area contributed by atoms with E-state index >= 15 is 0 Å². The van der Waals surface area contributed by atoms with E-state index in [1.165, 1.54) is 4.88 Å². The second-order valence-corrected chi connectivity index (χ2v) is 7.20. The van der Waals surface area contributed by atoms with Crippen molar-refractivity contribution in [2.24, 2.45) is 0 Å². The van der Waals surface area contributed by atoms with Crippen molar-refractivity contribution in [3.8, 4) is 0 Å². The molecule has 1 N–H and O–H groups in total. The molecule has 4 aromatic rings. The average Bonchev–Trinajstić information content (AvgIpc) is 3.37. The zero-order valence-electron chi connectivity index (χ0n) is 15.0. The van der Waals surface area contributed by atoms with Crippen LogP contribution in [0.5, 0.6) is 0 Å². The fourth-order valence-corrected chi connectivity index (χ4v) is 3.53. The normalized spacial score (nSPS) is 11.2. The Morgan fingerprint density at radius 1 is 1.33 bits per heavy atom. The molecule has 0 bridgehead atoms. The van der Waals surface area contributed by atoms with Crippen molar-refractivity contribution in [1.29, 1.82) is 0 Å². The molecule has 8 nitrogen and oxygen atoms in total. The van der Waals surface area contributed by atoms with Crippen LogP contribution in [0.3, 0.4) is 0 Å². The number of thiophene rings is 1. The van der Waals surface area contributed by atoms with Gasteiger partial charge in [0.05, 0.1) is 23.7 Å². The Morgan fingerprint density at radius 2 is 2.22 bits per heavy atom. The molecule has 0 radical (unpaired) electrons. The highest BCUT2D eigenvalue weighted by molar-refractivity contribution is 7.09. The standard InChI is InChI=1S/C18H18N6O2S/c1-11-8-14(18(25)19-6-5-16-22-12(2)23-26-16)15-9-20-24(17(15)21-11)10-13-4-3-7-27-13/h3-4,7-9H,5-6,10H2,1-2H3,(H,19,25). The van der Waals surface area contributed by atoms with E-state index in [9.17, 15) is 4.79 Å². The summed E-state index contributed by atoms with van der Waals surface area (Å²) in [5.41, 5.74) is 2.05. The van der Waals surface area contributed by atoms with Gasteiger partial charge in [-0.1, -0.05) is 11.2 Å². The third kappa shape index (κ3) is 3.72. The number of rotatable bonds is 6. The Balaban J connectivity index is 1.53. The van der Waals surface area contributed by atoms with Gasteiger partial charge < -0.3 is 9.84 Å². The van der Waals surface area contributed by atoms with Gasteiger partial charge in [-0.05, 0) is 31.4 Å². The lowest BCUT2D eigenvalue weighted by Gasteiger charge is -2.07. The molecule has 4 rings (SSSR count). The van der Waals surface area contributed by atoms with Crippen molar-refractivity contribution >= 4 is 28.3 Å². The molecule has 27 heavy (non-hydrogen) atoms. The highest BCUT2D eigenvalue weighted by Gasteiger charge is 2.16. The topological polar surface area (TPSA) is 98.7 Å². The predicted octanol–water partition coefficient (Wildman–Crippen LogP) is 2.51. The lowest BCUT2D eigenvalue weighted by molar-refractivity contribution is 0.0955. The van der Waals surface area contributed by atoms with E-state index in [0.29, 0.717) is 42.4 Å². The summed E-state index contributed by atoms with van der Waals surface area (Å²) in [6.45, 7) is 4.68. The van der Waals surface area contributed by atoms with Crippen LogP contribution in [0.1, 0.15) is 32.6 Å². The minimum absolute atomic E-state index is 0.169. The number of nitrogens with zero attached hydrogens (tertiary/aromatic N) is 5. The van der Waals surface area contributed by atoms with Crippen LogP contribution in [0, 0.1) is 13.8 Å². The summed E-state index contributed by atoms with van der Waals surface area (Å²) in [5.74, 6) is 0.922. The lowest BCUT2D eigenvalue weighted by atomic mass is 10.1. The molecule has 4 heterocycles. The predicted molar refractivity (Wildman–Crippen MR) is 101 cm³/mol. The van der Waals surface area contributed by atoms with Crippen molar-refractivity contribution in [2.75, 3.05) is 6.54 Å². The Hall–Kier alpha value is -3.07. The maximum atomic E-state index is 12.7. The first-order chi connectivity index (χ1) is 13.1. The molecule has 0 fully saturated rings. The molecular formula is C18H18N6O2S. The minimum Gasteiger partial charge on any atom is -0.351 e. The van der Waals surface area contributed by atoms with Crippen LogP contribution in [-0.4, -0.2) is 37.4 Å². The molecule has 0 aromatic carbocycles. The van der Waals surface area contributed by atoms with Gasteiger partial charge in [-0.3, -0.25) is 4.79 Å². The summed E-state index contributed by atoms with van der Waals surface area (Å²) < 4.78 is 6.89. The van der Waals surface area contributed by atoms with Crippen molar-refractivity contribution in [1.82, 2.24) is 30.2 Å². The molecule has 0 aliphatic carbocycles. The molecular weight excluding hydrogens is 364 g/mol. The van der Waals surface area contributed by atoms with E-state index in [0.717, 1.165) is 11.1 Å². The molecule has 1 amide bonds. The fraction of sp³-hybridized carbons (Fsp3) is 0.278. The molecule has 0 saturated heterocycles. The third-order valence-corrected chi connectivity index (χ3v) is 4.92. The van der Waals surface area contributed by atoms with E-state index in [-0.39, 0.29) is 5.91 Å². The van der Waals surface area contributed by atoms with Crippen LogP contribution < -0.4 is 5.32 Å². The molecule has 0 saturated carbocycles. The highest BCUT2D eigenvalue weighted by atomic mass is 32.1. The summed E-state index contributed by atoms with van der Waals surface area (Å²) in [5, 5.41) is 13.8. The zero-order valence-corrected chi connectivity index (χ0v) is 15.8. The summed E-state index contributed by atoms with van der Waals surface area (Å²) in [4.78, 5) is 22.6. The Labute approximate surface area is 159 Å². The summed E-state index contributed by atoms with van der Waals surface area (Å²) in [7, 11) is 0. The highest BCUT2D eigenvalue weighted by Crippen LogP contribution is 2.20. The van der Waals surface area contributed by atoms with Crippen LogP contribution in [0.4, 0.5) is 0 Å². The summed E-state index contributed by atoms with van der Waals surface area (Å²) in [6.07, 6.45) is 2.18. The van der Waals surface area contributed by atoms with E-state index in [4.69, 9.17) is 4.52 Å². The molecule has 0 atom stereocenters. The smallest absolute Gasteiger partial charge is 0.252 e. The van der Waals surface area contributed by atoms with E-state index in [1.807, 2.05) is 23.1 Å².